The van der Waals surface area contributed by atoms with E-state index in [1.807, 2.05) is 26.8 Å². The molecule has 1 N–H and O–H groups in total. The van der Waals surface area contributed by atoms with Crippen LogP contribution in [0, 0.1) is 6.92 Å². The standard InChI is InChI=1S/C18H27NO3/c1-8-22-18(20)17(12(4)5)19-15-10-16(21-7)14(11(2)3)9-13(15)6/h9-11,19H,8H2,1-7H3. The summed E-state index contributed by atoms with van der Waals surface area (Å²) < 4.78 is 10.6. The number of allylic oxidation sites excluding steroid dienone is 1. The van der Waals surface area contributed by atoms with Crippen molar-refractivity contribution >= 4 is 11.7 Å². The first-order valence-corrected chi connectivity index (χ1v) is 7.61. The summed E-state index contributed by atoms with van der Waals surface area (Å²) in [5.74, 6) is 0.851. The maximum absolute atomic E-state index is 12.1. The van der Waals surface area contributed by atoms with Crippen molar-refractivity contribution in [3.05, 3.63) is 34.5 Å². The SMILES string of the molecule is CCOC(=O)C(Nc1cc(OC)c(C(C)C)cc1C)=C(C)C. The Hall–Kier alpha value is -1.97. The van der Waals surface area contributed by atoms with Crippen LogP contribution in [0.4, 0.5) is 5.69 Å². The van der Waals surface area contributed by atoms with Gasteiger partial charge in [0, 0.05) is 11.8 Å². The number of anilines is 1. The molecule has 0 spiro atoms. The molecule has 0 bridgehead atoms. The Labute approximate surface area is 133 Å². The molecule has 0 radical (unpaired) electrons. The summed E-state index contributed by atoms with van der Waals surface area (Å²) in [5.41, 5.74) is 4.42. The molecule has 0 saturated heterocycles. The predicted molar refractivity (Wildman–Crippen MR) is 90.4 cm³/mol. The van der Waals surface area contributed by atoms with Crippen molar-refractivity contribution in [2.75, 3.05) is 19.0 Å². The minimum Gasteiger partial charge on any atom is -0.496 e. The van der Waals surface area contributed by atoms with Crippen LogP contribution in [-0.4, -0.2) is 19.7 Å². The highest BCUT2D eigenvalue weighted by atomic mass is 16.5. The van der Waals surface area contributed by atoms with E-state index in [4.69, 9.17) is 9.47 Å². The van der Waals surface area contributed by atoms with Gasteiger partial charge in [0.1, 0.15) is 11.4 Å². The Morgan fingerprint density at radius 2 is 1.91 bits per heavy atom. The highest BCUT2D eigenvalue weighted by Gasteiger charge is 2.16. The maximum atomic E-state index is 12.1. The monoisotopic (exact) mass is 305 g/mol. The smallest absolute Gasteiger partial charge is 0.354 e. The predicted octanol–water partition coefficient (Wildman–Crippen LogP) is 4.40. The normalized spacial score (nSPS) is 10.4. The number of aryl methyl sites for hydroxylation is 1. The topological polar surface area (TPSA) is 47.6 Å². The summed E-state index contributed by atoms with van der Waals surface area (Å²) >= 11 is 0. The van der Waals surface area contributed by atoms with E-state index in [0.717, 1.165) is 28.1 Å². The Balaban J connectivity index is 3.22. The average molecular weight is 305 g/mol. The molecule has 0 aromatic heterocycles. The zero-order valence-electron chi connectivity index (χ0n) is 14.7. The molecule has 1 aromatic carbocycles. The molecular formula is C18H27NO3. The van der Waals surface area contributed by atoms with Gasteiger partial charge in [-0.05, 0) is 50.3 Å². The van der Waals surface area contributed by atoms with E-state index in [9.17, 15) is 4.79 Å². The van der Waals surface area contributed by atoms with Crippen LogP contribution in [0.2, 0.25) is 0 Å². The van der Waals surface area contributed by atoms with E-state index in [1.165, 1.54) is 0 Å². The van der Waals surface area contributed by atoms with Gasteiger partial charge in [0.15, 0.2) is 0 Å². The molecule has 0 aliphatic heterocycles. The van der Waals surface area contributed by atoms with Crippen molar-refractivity contribution in [3.8, 4) is 5.75 Å². The van der Waals surface area contributed by atoms with Crippen LogP contribution in [0.3, 0.4) is 0 Å². The van der Waals surface area contributed by atoms with Gasteiger partial charge in [-0.1, -0.05) is 19.9 Å². The second-order valence-electron chi connectivity index (χ2n) is 5.78. The largest absolute Gasteiger partial charge is 0.496 e. The molecule has 0 amide bonds. The summed E-state index contributed by atoms with van der Waals surface area (Å²) in [4.78, 5) is 12.1. The van der Waals surface area contributed by atoms with Crippen molar-refractivity contribution in [1.82, 2.24) is 0 Å². The third-order valence-corrected chi connectivity index (χ3v) is 3.44. The highest BCUT2D eigenvalue weighted by molar-refractivity contribution is 5.93. The summed E-state index contributed by atoms with van der Waals surface area (Å²) in [6.45, 7) is 12.2. The molecule has 22 heavy (non-hydrogen) atoms. The summed E-state index contributed by atoms with van der Waals surface area (Å²) in [5, 5.41) is 3.20. The van der Waals surface area contributed by atoms with Crippen LogP contribution in [0.1, 0.15) is 51.7 Å². The van der Waals surface area contributed by atoms with Crippen molar-refractivity contribution in [3.63, 3.8) is 0 Å². The Bertz CT molecular complexity index is 570. The molecule has 0 heterocycles. The second kappa shape index (κ2) is 7.87. The summed E-state index contributed by atoms with van der Waals surface area (Å²) in [6, 6.07) is 4.03. The number of methoxy groups -OCH3 is 1. The number of benzene rings is 1. The fourth-order valence-corrected chi connectivity index (χ4v) is 2.19. The minimum absolute atomic E-state index is 0.339. The third kappa shape index (κ3) is 4.26. The lowest BCUT2D eigenvalue weighted by Gasteiger charge is -2.18. The number of hydrogen-bond donors (Lipinski definition) is 1. The molecule has 1 rings (SSSR count). The molecule has 122 valence electrons. The minimum atomic E-state index is -0.339. The number of ether oxygens (including phenoxy) is 2. The van der Waals surface area contributed by atoms with Crippen LogP contribution < -0.4 is 10.1 Å². The van der Waals surface area contributed by atoms with Gasteiger partial charge in [0.05, 0.1) is 13.7 Å². The highest BCUT2D eigenvalue weighted by Crippen LogP contribution is 2.32. The lowest BCUT2D eigenvalue weighted by Crippen LogP contribution is -2.17. The molecule has 0 unspecified atom stereocenters. The molecule has 1 aromatic rings. The van der Waals surface area contributed by atoms with E-state index in [2.05, 4.69) is 25.2 Å². The van der Waals surface area contributed by atoms with Crippen LogP contribution in [0.25, 0.3) is 0 Å². The zero-order chi connectivity index (χ0) is 16.9. The molecule has 0 aliphatic rings. The van der Waals surface area contributed by atoms with Crippen molar-refractivity contribution in [1.29, 1.82) is 0 Å². The maximum Gasteiger partial charge on any atom is 0.354 e. The second-order valence-corrected chi connectivity index (χ2v) is 5.78. The van der Waals surface area contributed by atoms with E-state index >= 15 is 0 Å². The van der Waals surface area contributed by atoms with Gasteiger partial charge in [-0.15, -0.1) is 0 Å². The first-order valence-electron chi connectivity index (χ1n) is 7.61. The van der Waals surface area contributed by atoms with Crippen molar-refractivity contribution in [2.45, 2.75) is 47.5 Å². The zero-order valence-corrected chi connectivity index (χ0v) is 14.7. The van der Waals surface area contributed by atoms with Crippen molar-refractivity contribution in [2.24, 2.45) is 0 Å². The van der Waals surface area contributed by atoms with Crippen LogP contribution in [-0.2, 0) is 9.53 Å². The number of esters is 1. The molecule has 0 aliphatic carbocycles. The van der Waals surface area contributed by atoms with Crippen LogP contribution in [0.15, 0.2) is 23.4 Å². The molecule has 4 heteroatoms. The molecule has 0 fully saturated rings. The lowest BCUT2D eigenvalue weighted by molar-refractivity contribution is -0.138. The van der Waals surface area contributed by atoms with Gasteiger partial charge in [-0.2, -0.15) is 0 Å². The molecule has 4 nitrogen and oxygen atoms in total. The van der Waals surface area contributed by atoms with E-state index in [1.54, 1.807) is 14.0 Å². The van der Waals surface area contributed by atoms with Crippen LogP contribution >= 0.6 is 0 Å². The van der Waals surface area contributed by atoms with E-state index in [0.29, 0.717) is 18.2 Å². The number of nitrogens with one attached hydrogen (secondary N) is 1. The van der Waals surface area contributed by atoms with Gasteiger partial charge in [0.25, 0.3) is 0 Å². The number of carbonyl (C=O) groups excluding carboxylic acids is 1. The van der Waals surface area contributed by atoms with E-state index in [-0.39, 0.29) is 5.97 Å². The third-order valence-electron chi connectivity index (χ3n) is 3.44. The van der Waals surface area contributed by atoms with Gasteiger partial charge < -0.3 is 14.8 Å². The van der Waals surface area contributed by atoms with Gasteiger partial charge in [0.2, 0.25) is 0 Å². The van der Waals surface area contributed by atoms with E-state index < -0.39 is 0 Å². The molecule has 0 atom stereocenters. The average Bonchev–Trinajstić information content (AvgIpc) is 2.45. The fraction of sp³-hybridized carbons (Fsp3) is 0.500. The van der Waals surface area contributed by atoms with Gasteiger partial charge in [-0.3, -0.25) is 0 Å². The number of rotatable bonds is 6. The summed E-state index contributed by atoms with van der Waals surface area (Å²) in [6.07, 6.45) is 0. The summed E-state index contributed by atoms with van der Waals surface area (Å²) in [7, 11) is 1.66. The first-order chi connectivity index (χ1) is 10.3. The Kier molecular flexibility index (Phi) is 6.47. The quantitative estimate of drug-likeness (QED) is 0.625. The molecule has 0 saturated carbocycles. The molecular weight excluding hydrogens is 278 g/mol. The Morgan fingerprint density at radius 3 is 2.36 bits per heavy atom. The number of hydrogen-bond acceptors (Lipinski definition) is 4. The fourth-order valence-electron chi connectivity index (χ4n) is 2.19. The number of carbonyl (C=O) groups is 1. The van der Waals surface area contributed by atoms with Gasteiger partial charge >= 0.3 is 5.97 Å². The lowest BCUT2D eigenvalue weighted by atomic mass is 9.98. The van der Waals surface area contributed by atoms with Crippen LogP contribution in [0.5, 0.6) is 5.75 Å². The first kappa shape index (κ1) is 18.1. The Morgan fingerprint density at radius 1 is 1.27 bits per heavy atom. The van der Waals surface area contributed by atoms with Crippen molar-refractivity contribution < 1.29 is 14.3 Å². The van der Waals surface area contributed by atoms with Gasteiger partial charge in [-0.25, -0.2) is 4.79 Å².